The summed E-state index contributed by atoms with van der Waals surface area (Å²) in [6, 6.07) is 6.09. The van der Waals surface area contributed by atoms with Gasteiger partial charge in [0.1, 0.15) is 19.0 Å². The first-order valence-corrected chi connectivity index (χ1v) is 11.3. The number of allylic oxidation sites excluding steroid dienone is 1. The van der Waals surface area contributed by atoms with Crippen molar-refractivity contribution >= 4 is 17.8 Å². The second-order valence-corrected chi connectivity index (χ2v) is 8.90. The highest BCUT2D eigenvalue weighted by atomic mass is 19.1. The highest BCUT2D eigenvalue weighted by molar-refractivity contribution is 5.78. The van der Waals surface area contributed by atoms with Gasteiger partial charge in [0.15, 0.2) is 0 Å². The summed E-state index contributed by atoms with van der Waals surface area (Å²) in [5.41, 5.74) is 2.00. The van der Waals surface area contributed by atoms with Crippen LogP contribution in [0.2, 0.25) is 0 Å². The van der Waals surface area contributed by atoms with Crippen LogP contribution in [0, 0.1) is 29.5 Å². The van der Waals surface area contributed by atoms with Gasteiger partial charge in [-0.1, -0.05) is 37.6 Å². The number of esters is 1. The predicted molar refractivity (Wildman–Crippen MR) is 122 cm³/mol. The van der Waals surface area contributed by atoms with E-state index in [1.807, 2.05) is 6.92 Å². The van der Waals surface area contributed by atoms with E-state index in [0.29, 0.717) is 31.3 Å². The number of benzene rings is 1. The van der Waals surface area contributed by atoms with Crippen molar-refractivity contribution in [3.63, 3.8) is 0 Å². The number of carbonyl (C=O) groups excluding carboxylic acids is 3. The Morgan fingerprint density at radius 2 is 1.79 bits per heavy atom. The maximum absolute atomic E-state index is 13.0. The minimum absolute atomic E-state index is 0.0333. The molecular formula is C25H35FN2O5. The number of ether oxygens (including phenoxy) is 2. The van der Waals surface area contributed by atoms with Crippen LogP contribution in [-0.2, 0) is 30.4 Å². The molecule has 2 rings (SSSR count). The average Bonchev–Trinajstić information content (AvgIpc) is 2.78. The maximum Gasteiger partial charge on any atom is 0.331 e. The van der Waals surface area contributed by atoms with Crippen molar-refractivity contribution in [2.24, 2.45) is 23.7 Å². The third kappa shape index (κ3) is 8.96. The molecule has 3 atom stereocenters. The number of hydrogen-bond donors (Lipinski definition) is 2. The van der Waals surface area contributed by atoms with Gasteiger partial charge in [0.25, 0.3) is 0 Å². The molecule has 7 nitrogen and oxygen atoms in total. The van der Waals surface area contributed by atoms with Crippen molar-refractivity contribution in [1.82, 2.24) is 10.6 Å². The number of amides is 2. The molecule has 0 bridgehead atoms. The molecule has 3 unspecified atom stereocenters. The lowest BCUT2D eigenvalue weighted by Gasteiger charge is -2.37. The van der Waals surface area contributed by atoms with Crippen molar-refractivity contribution in [1.29, 1.82) is 0 Å². The standard InChI is InChI=1S/C25H35FN2O5/c1-16(2)22-10-19(11-23(29)27-12-18-5-7-21(26)8-6-18)17(3)9-20(22)13-28-24(30)14-33-15-25(31)32-4/h5-9,16,19-20,22H,10-15H2,1-4H3,(H,27,29)(H,28,30). The number of carbonyl (C=O) groups is 3. The molecule has 2 N–H and O–H groups in total. The second-order valence-electron chi connectivity index (χ2n) is 8.90. The van der Waals surface area contributed by atoms with Gasteiger partial charge in [-0.3, -0.25) is 9.59 Å². The zero-order chi connectivity index (χ0) is 24.4. The van der Waals surface area contributed by atoms with Gasteiger partial charge in [-0.05, 0) is 54.7 Å². The molecule has 1 aliphatic rings. The van der Waals surface area contributed by atoms with Gasteiger partial charge in [0.2, 0.25) is 11.8 Å². The van der Waals surface area contributed by atoms with Crippen LogP contribution < -0.4 is 10.6 Å². The first kappa shape index (κ1) is 26.5. The van der Waals surface area contributed by atoms with E-state index in [4.69, 9.17) is 4.74 Å². The van der Waals surface area contributed by atoms with Crippen LogP contribution in [0.4, 0.5) is 4.39 Å². The molecular weight excluding hydrogens is 427 g/mol. The van der Waals surface area contributed by atoms with Crippen molar-refractivity contribution in [2.45, 2.75) is 40.2 Å². The van der Waals surface area contributed by atoms with E-state index >= 15 is 0 Å². The Morgan fingerprint density at radius 1 is 1.09 bits per heavy atom. The number of halogens is 1. The van der Waals surface area contributed by atoms with E-state index in [1.165, 1.54) is 19.2 Å². The molecule has 0 aromatic heterocycles. The van der Waals surface area contributed by atoms with Gasteiger partial charge in [0.05, 0.1) is 7.11 Å². The summed E-state index contributed by atoms with van der Waals surface area (Å²) >= 11 is 0. The Labute approximate surface area is 195 Å². The molecule has 182 valence electrons. The van der Waals surface area contributed by atoms with Crippen LogP contribution >= 0.6 is 0 Å². The van der Waals surface area contributed by atoms with Gasteiger partial charge in [-0.15, -0.1) is 0 Å². The predicted octanol–water partition coefficient (Wildman–Crippen LogP) is 2.99. The summed E-state index contributed by atoms with van der Waals surface area (Å²) in [5, 5.41) is 5.80. The first-order valence-electron chi connectivity index (χ1n) is 11.3. The summed E-state index contributed by atoms with van der Waals surface area (Å²) in [4.78, 5) is 35.6. The van der Waals surface area contributed by atoms with Crippen LogP contribution in [0.5, 0.6) is 0 Å². The molecule has 0 aliphatic heterocycles. The molecule has 0 radical (unpaired) electrons. The molecule has 8 heteroatoms. The van der Waals surface area contributed by atoms with E-state index in [1.54, 1.807) is 12.1 Å². The molecule has 0 saturated carbocycles. The molecule has 1 aromatic carbocycles. The number of rotatable bonds is 11. The summed E-state index contributed by atoms with van der Waals surface area (Å²) in [6.07, 6.45) is 3.43. The molecule has 2 amide bonds. The molecule has 1 aromatic rings. The van der Waals surface area contributed by atoms with Crippen LogP contribution in [0.25, 0.3) is 0 Å². The third-order valence-electron chi connectivity index (χ3n) is 6.13. The van der Waals surface area contributed by atoms with Crippen molar-refractivity contribution < 1.29 is 28.2 Å². The zero-order valence-corrected chi connectivity index (χ0v) is 19.9. The topological polar surface area (TPSA) is 93.7 Å². The quantitative estimate of drug-likeness (QED) is 0.390. The zero-order valence-electron chi connectivity index (χ0n) is 19.9. The second kappa shape index (κ2) is 13.1. The summed E-state index contributed by atoms with van der Waals surface area (Å²) in [6.45, 7) is 6.72. The lowest BCUT2D eigenvalue weighted by atomic mass is 9.69. The minimum atomic E-state index is -0.527. The van der Waals surface area contributed by atoms with Crippen LogP contribution in [-0.4, -0.2) is 44.7 Å². The van der Waals surface area contributed by atoms with Crippen molar-refractivity contribution in [2.75, 3.05) is 26.9 Å². The van der Waals surface area contributed by atoms with Gasteiger partial charge in [-0.25, -0.2) is 9.18 Å². The van der Waals surface area contributed by atoms with Crippen molar-refractivity contribution in [3.8, 4) is 0 Å². The Morgan fingerprint density at radius 3 is 2.42 bits per heavy atom. The molecule has 0 spiro atoms. The summed E-state index contributed by atoms with van der Waals surface area (Å²) in [7, 11) is 1.26. The third-order valence-corrected chi connectivity index (χ3v) is 6.13. The van der Waals surface area contributed by atoms with E-state index in [2.05, 4.69) is 35.3 Å². The minimum Gasteiger partial charge on any atom is -0.467 e. The van der Waals surface area contributed by atoms with Crippen LogP contribution in [0.1, 0.15) is 39.2 Å². The molecule has 33 heavy (non-hydrogen) atoms. The fourth-order valence-electron chi connectivity index (χ4n) is 4.18. The van der Waals surface area contributed by atoms with E-state index in [-0.39, 0.29) is 42.7 Å². The molecule has 1 aliphatic carbocycles. The highest BCUT2D eigenvalue weighted by Crippen LogP contribution is 2.38. The smallest absolute Gasteiger partial charge is 0.331 e. The Bertz CT molecular complexity index is 838. The van der Waals surface area contributed by atoms with Gasteiger partial charge >= 0.3 is 5.97 Å². The Balaban J connectivity index is 1.86. The van der Waals surface area contributed by atoms with E-state index < -0.39 is 5.97 Å². The van der Waals surface area contributed by atoms with Gasteiger partial charge < -0.3 is 20.1 Å². The van der Waals surface area contributed by atoms with E-state index in [0.717, 1.165) is 17.6 Å². The lowest BCUT2D eigenvalue weighted by Crippen LogP contribution is -2.39. The SMILES string of the molecule is COC(=O)COCC(=O)NCC1C=C(C)C(CC(=O)NCc2ccc(F)cc2)CC1C(C)C. The van der Waals surface area contributed by atoms with Gasteiger partial charge in [0, 0.05) is 19.5 Å². The fourth-order valence-corrected chi connectivity index (χ4v) is 4.18. The molecule has 0 heterocycles. The average molecular weight is 463 g/mol. The van der Waals surface area contributed by atoms with Gasteiger partial charge in [-0.2, -0.15) is 0 Å². The molecule has 0 fully saturated rings. The largest absolute Gasteiger partial charge is 0.467 e. The van der Waals surface area contributed by atoms with Crippen molar-refractivity contribution in [3.05, 3.63) is 47.3 Å². The first-order chi connectivity index (χ1) is 15.7. The van der Waals surface area contributed by atoms with E-state index in [9.17, 15) is 18.8 Å². The van der Waals surface area contributed by atoms with Crippen LogP contribution in [0.15, 0.2) is 35.9 Å². The normalized spacial score (nSPS) is 20.2. The maximum atomic E-state index is 13.0. The highest BCUT2D eigenvalue weighted by Gasteiger charge is 2.32. The summed E-state index contributed by atoms with van der Waals surface area (Å²) in [5.74, 6) is -0.136. The monoisotopic (exact) mass is 462 g/mol. The number of methoxy groups -OCH3 is 1. The molecule has 0 saturated heterocycles. The Hall–Kier alpha value is -2.74. The Kier molecular flexibility index (Phi) is 10.5. The summed E-state index contributed by atoms with van der Waals surface area (Å²) < 4.78 is 22.5. The lowest BCUT2D eigenvalue weighted by molar-refractivity contribution is -0.147. The number of hydrogen-bond acceptors (Lipinski definition) is 5. The fraction of sp³-hybridized carbons (Fsp3) is 0.560. The number of nitrogens with one attached hydrogen (secondary N) is 2. The van der Waals surface area contributed by atoms with Crippen LogP contribution in [0.3, 0.4) is 0 Å².